The van der Waals surface area contributed by atoms with Gasteiger partial charge in [-0.1, -0.05) is 25.0 Å². The predicted octanol–water partition coefficient (Wildman–Crippen LogP) is 5.65. The molecule has 22 heavy (non-hydrogen) atoms. The molecule has 1 heteroatoms. The summed E-state index contributed by atoms with van der Waals surface area (Å²) >= 11 is 0. The number of ether oxygens (including phenoxy) is 1. The molecule has 0 N–H and O–H groups in total. The van der Waals surface area contributed by atoms with E-state index in [1.807, 2.05) is 0 Å². The van der Waals surface area contributed by atoms with Gasteiger partial charge in [-0.15, -0.1) is 6.58 Å². The third kappa shape index (κ3) is 1.83. The Morgan fingerprint density at radius 1 is 1.23 bits per heavy atom. The van der Waals surface area contributed by atoms with E-state index in [9.17, 15) is 0 Å². The number of fused-ring (bicyclic) bond motifs is 5. The van der Waals surface area contributed by atoms with Crippen molar-refractivity contribution in [2.45, 2.75) is 58.8 Å². The molecule has 5 atom stereocenters. The molecule has 0 aromatic rings. The lowest BCUT2D eigenvalue weighted by atomic mass is 9.50. The van der Waals surface area contributed by atoms with Crippen LogP contribution in [0.5, 0.6) is 0 Å². The summed E-state index contributed by atoms with van der Waals surface area (Å²) in [5.41, 5.74) is 2.33. The van der Waals surface area contributed by atoms with E-state index in [0.717, 1.165) is 30.8 Å². The van der Waals surface area contributed by atoms with Gasteiger partial charge in [0.05, 0.1) is 0 Å². The molecule has 0 radical (unpaired) electrons. The first-order valence-corrected chi connectivity index (χ1v) is 9.23. The molecule has 4 aliphatic rings. The fourth-order valence-corrected chi connectivity index (χ4v) is 6.46. The second-order valence-electron chi connectivity index (χ2n) is 8.50. The summed E-state index contributed by atoms with van der Waals surface area (Å²) in [5.74, 6) is 3.85. The van der Waals surface area contributed by atoms with E-state index in [2.05, 4.69) is 38.7 Å². The van der Waals surface area contributed by atoms with Crippen LogP contribution in [-0.4, -0.2) is 6.61 Å². The van der Waals surface area contributed by atoms with E-state index < -0.39 is 0 Å². The molecule has 2 saturated carbocycles. The maximum Gasteiger partial charge on any atom is 0.106 e. The lowest BCUT2D eigenvalue weighted by molar-refractivity contribution is -0.0312. The highest BCUT2D eigenvalue weighted by Gasteiger charge is 2.57. The van der Waals surface area contributed by atoms with Crippen LogP contribution < -0.4 is 0 Å². The minimum atomic E-state index is 0.138. The zero-order chi connectivity index (χ0) is 15.4. The van der Waals surface area contributed by atoms with E-state index in [1.165, 1.54) is 44.3 Å². The Labute approximate surface area is 135 Å². The monoisotopic (exact) mass is 298 g/mol. The van der Waals surface area contributed by atoms with E-state index in [-0.39, 0.29) is 5.41 Å². The molecule has 0 amide bonds. The van der Waals surface area contributed by atoms with Crippen LogP contribution in [-0.2, 0) is 4.74 Å². The van der Waals surface area contributed by atoms with Crippen LogP contribution >= 0.6 is 0 Å². The molecule has 0 aromatic carbocycles. The lowest BCUT2D eigenvalue weighted by Gasteiger charge is -2.56. The van der Waals surface area contributed by atoms with Gasteiger partial charge in [0.2, 0.25) is 0 Å². The molecule has 120 valence electrons. The highest BCUT2D eigenvalue weighted by atomic mass is 16.5. The van der Waals surface area contributed by atoms with Crippen molar-refractivity contribution in [3.63, 3.8) is 0 Å². The van der Waals surface area contributed by atoms with E-state index in [1.54, 1.807) is 5.57 Å². The molecule has 2 fully saturated rings. The minimum absolute atomic E-state index is 0.138. The first-order chi connectivity index (χ1) is 10.6. The van der Waals surface area contributed by atoms with Crippen LogP contribution in [0.1, 0.15) is 58.8 Å². The SMILES string of the molecule is C=CCC1=CCOC2=CC[C@H]3[C@@H]4CCC[C@@]4(C)CC[C@@H]3[C@@]12C. The zero-order valence-electron chi connectivity index (χ0n) is 14.2. The van der Waals surface area contributed by atoms with Gasteiger partial charge in [0.25, 0.3) is 0 Å². The van der Waals surface area contributed by atoms with E-state index in [0.29, 0.717) is 5.41 Å². The summed E-state index contributed by atoms with van der Waals surface area (Å²) in [6.07, 6.45) is 16.3. The molecule has 3 aliphatic carbocycles. The van der Waals surface area contributed by atoms with Crippen molar-refractivity contribution in [1.29, 1.82) is 0 Å². The van der Waals surface area contributed by atoms with E-state index in [4.69, 9.17) is 4.74 Å². The van der Waals surface area contributed by atoms with Crippen molar-refractivity contribution >= 4 is 0 Å². The van der Waals surface area contributed by atoms with Crippen LogP contribution in [0.3, 0.4) is 0 Å². The molecule has 4 rings (SSSR count). The molecule has 0 saturated heterocycles. The molecule has 0 spiro atoms. The summed E-state index contributed by atoms with van der Waals surface area (Å²) in [6, 6.07) is 0. The molecule has 1 nitrogen and oxygen atoms in total. The summed E-state index contributed by atoms with van der Waals surface area (Å²) in [4.78, 5) is 0. The van der Waals surface area contributed by atoms with Gasteiger partial charge < -0.3 is 4.74 Å². The van der Waals surface area contributed by atoms with E-state index >= 15 is 0 Å². The van der Waals surface area contributed by atoms with Crippen molar-refractivity contribution in [2.75, 3.05) is 6.61 Å². The van der Waals surface area contributed by atoms with Gasteiger partial charge >= 0.3 is 0 Å². The quantitative estimate of drug-likeness (QED) is 0.599. The number of rotatable bonds is 2. The van der Waals surface area contributed by atoms with Crippen LogP contribution in [0, 0.1) is 28.6 Å². The topological polar surface area (TPSA) is 9.23 Å². The Morgan fingerprint density at radius 3 is 2.91 bits per heavy atom. The Hall–Kier alpha value is -0.980. The Balaban J connectivity index is 1.74. The predicted molar refractivity (Wildman–Crippen MR) is 91.3 cm³/mol. The molecule has 0 unspecified atom stereocenters. The van der Waals surface area contributed by atoms with Gasteiger partial charge in [-0.05, 0) is 80.8 Å². The number of allylic oxidation sites excluding steroid dienone is 3. The van der Waals surface area contributed by atoms with Crippen molar-refractivity contribution < 1.29 is 4.74 Å². The van der Waals surface area contributed by atoms with Crippen molar-refractivity contribution in [1.82, 2.24) is 0 Å². The largest absolute Gasteiger partial charge is 0.493 e. The Bertz CT molecular complexity index is 542. The average Bonchev–Trinajstić information content (AvgIpc) is 2.90. The van der Waals surface area contributed by atoms with Crippen molar-refractivity contribution in [3.8, 4) is 0 Å². The number of hydrogen-bond acceptors (Lipinski definition) is 1. The van der Waals surface area contributed by atoms with Crippen molar-refractivity contribution in [2.24, 2.45) is 28.6 Å². The highest BCUT2D eigenvalue weighted by Crippen LogP contribution is 2.64. The normalized spacial score (nSPS) is 46.5. The maximum atomic E-state index is 6.10. The lowest BCUT2D eigenvalue weighted by Crippen LogP contribution is -2.49. The van der Waals surface area contributed by atoms with Gasteiger partial charge in [0, 0.05) is 5.41 Å². The van der Waals surface area contributed by atoms with Crippen LogP contribution in [0.25, 0.3) is 0 Å². The smallest absolute Gasteiger partial charge is 0.106 e. The first-order valence-electron chi connectivity index (χ1n) is 9.23. The molecular formula is C21H30O. The summed E-state index contributed by atoms with van der Waals surface area (Å²) in [5, 5.41) is 0. The molecule has 0 aromatic heterocycles. The Morgan fingerprint density at radius 2 is 2.09 bits per heavy atom. The van der Waals surface area contributed by atoms with Gasteiger partial charge in [-0.3, -0.25) is 0 Å². The fraction of sp³-hybridized carbons (Fsp3) is 0.714. The van der Waals surface area contributed by atoms with Gasteiger partial charge in [-0.2, -0.15) is 0 Å². The Kier molecular flexibility index (Phi) is 3.33. The summed E-state index contributed by atoms with van der Waals surface area (Å²) in [6.45, 7) is 9.77. The molecule has 1 aliphatic heterocycles. The second-order valence-corrected chi connectivity index (χ2v) is 8.50. The summed E-state index contributed by atoms with van der Waals surface area (Å²) in [7, 11) is 0. The molecule has 0 bridgehead atoms. The van der Waals surface area contributed by atoms with Crippen LogP contribution in [0.15, 0.2) is 36.1 Å². The average molecular weight is 298 g/mol. The third-order valence-electron chi connectivity index (χ3n) is 7.65. The molecular weight excluding hydrogens is 268 g/mol. The standard InChI is InChI=1S/C21H30O/c1-4-6-15-11-14-22-19-9-8-16-17-7-5-12-20(17,2)13-10-18(16)21(15,19)3/h4,9,11,16-18H,1,5-8,10,12-14H2,2-3H3/t16-,17-,18-,20-,21+/m0/s1. The number of hydrogen-bond donors (Lipinski definition) is 0. The second kappa shape index (κ2) is 5.01. The zero-order valence-corrected chi connectivity index (χ0v) is 14.2. The van der Waals surface area contributed by atoms with Crippen LogP contribution in [0.4, 0.5) is 0 Å². The van der Waals surface area contributed by atoms with Gasteiger partial charge in [0.15, 0.2) is 0 Å². The molecule has 1 heterocycles. The third-order valence-corrected chi connectivity index (χ3v) is 7.65. The maximum absolute atomic E-state index is 6.10. The van der Waals surface area contributed by atoms with Gasteiger partial charge in [-0.25, -0.2) is 0 Å². The van der Waals surface area contributed by atoms with Crippen LogP contribution in [0.2, 0.25) is 0 Å². The highest BCUT2D eigenvalue weighted by molar-refractivity contribution is 5.34. The minimum Gasteiger partial charge on any atom is -0.493 e. The summed E-state index contributed by atoms with van der Waals surface area (Å²) < 4.78 is 6.10. The van der Waals surface area contributed by atoms with Gasteiger partial charge in [0.1, 0.15) is 12.4 Å². The van der Waals surface area contributed by atoms with Crippen molar-refractivity contribution in [3.05, 3.63) is 36.1 Å². The first kappa shape index (κ1) is 14.6. The fourth-order valence-electron chi connectivity index (χ4n) is 6.46.